The summed E-state index contributed by atoms with van der Waals surface area (Å²) in [7, 11) is 0. The molecule has 4 rings (SSSR count). The predicted octanol–water partition coefficient (Wildman–Crippen LogP) is 2.83. The number of nitrogens with zero attached hydrogens (tertiary/aromatic N) is 2. The van der Waals surface area contributed by atoms with E-state index in [0.29, 0.717) is 13.0 Å². The molecule has 0 spiro atoms. The van der Waals surface area contributed by atoms with Crippen LogP contribution in [-0.2, 0) is 11.2 Å². The number of imide groups is 1. The average Bonchev–Trinajstić information content (AvgIpc) is 3.00. The van der Waals surface area contributed by atoms with Crippen LogP contribution in [0.25, 0.3) is 10.9 Å². The zero-order chi connectivity index (χ0) is 15.4. The first-order valence-corrected chi connectivity index (χ1v) is 7.86. The first-order valence-electron chi connectivity index (χ1n) is 7.86. The normalized spacial score (nSPS) is 24.1. The van der Waals surface area contributed by atoms with Crippen LogP contribution in [-0.4, -0.2) is 39.3 Å². The Morgan fingerprint density at radius 2 is 2.05 bits per heavy atom. The summed E-state index contributed by atoms with van der Waals surface area (Å²) < 4.78 is 0. The molecule has 114 valence electrons. The van der Waals surface area contributed by atoms with E-state index in [1.807, 2.05) is 32.0 Å². The largest absolute Gasteiger partial charge is 0.356 e. The topological polar surface area (TPSA) is 56.4 Å². The molecule has 1 aromatic carbocycles. The molecule has 0 unspecified atom stereocenters. The van der Waals surface area contributed by atoms with Gasteiger partial charge in [-0.15, -0.1) is 0 Å². The number of nitrogens with one attached hydrogen (secondary N) is 1. The van der Waals surface area contributed by atoms with E-state index in [9.17, 15) is 9.59 Å². The number of carbonyl (C=O) groups is 2. The Labute approximate surface area is 128 Å². The average molecular weight is 297 g/mol. The van der Waals surface area contributed by atoms with Crippen molar-refractivity contribution in [3.8, 4) is 0 Å². The summed E-state index contributed by atoms with van der Waals surface area (Å²) in [6.45, 7) is 4.49. The molecule has 0 saturated carbocycles. The van der Waals surface area contributed by atoms with Crippen LogP contribution in [0.15, 0.2) is 24.3 Å². The van der Waals surface area contributed by atoms with Crippen molar-refractivity contribution >= 4 is 22.8 Å². The predicted molar refractivity (Wildman–Crippen MR) is 83.4 cm³/mol. The lowest BCUT2D eigenvalue weighted by Crippen LogP contribution is -2.42. The first kappa shape index (κ1) is 13.4. The molecule has 2 aliphatic heterocycles. The summed E-state index contributed by atoms with van der Waals surface area (Å²) in [6.07, 6.45) is 1.40. The number of carbonyl (C=O) groups excluding carboxylic acids is 2. The first-order chi connectivity index (χ1) is 10.6. The third-order valence-corrected chi connectivity index (χ3v) is 4.87. The third-order valence-electron chi connectivity index (χ3n) is 4.87. The van der Waals surface area contributed by atoms with Crippen molar-refractivity contribution in [3.63, 3.8) is 0 Å². The maximum atomic E-state index is 12.6. The number of fused-ring (bicyclic) bond motifs is 4. The number of aromatic nitrogens is 1. The van der Waals surface area contributed by atoms with Crippen molar-refractivity contribution in [2.75, 3.05) is 6.54 Å². The van der Waals surface area contributed by atoms with Gasteiger partial charge >= 0.3 is 6.03 Å². The fourth-order valence-corrected chi connectivity index (χ4v) is 3.85. The number of H-pyrrole nitrogens is 1. The van der Waals surface area contributed by atoms with Gasteiger partial charge in [0.2, 0.25) is 0 Å². The highest BCUT2D eigenvalue weighted by atomic mass is 16.2. The van der Waals surface area contributed by atoms with Crippen LogP contribution in [0, 0.1) is 0 Å². The third kappa shape index (κ3) is 1.59. The van der Waals surface area contributed by atoms with Crippen LogP contribution in [0.1, 0.15) is 37.6 Å². The van der Waals surface area contributed by atoms with Gasteiger partial charge in [0.1, 0.15) is 6.04 Å². The maximum Gasteiger partial charge on any atom is 0.328 e. The highest BCUT2D eigenvalue weighted by Gasteiger charge is 2.50. The van der Waals surface area contributed by atoms with Crippen LogP contribution < -0.4 is 0 Å². The van der Waals surface area contributed by atoms with E-state index in [0.717, 1.165) is 23.0 Å². The van der Waals surface area contributed by atoms with E-state index in [1.54, 1.807) is 4.90 Å². The molecular weight excluding hydrogens is 278 g/mol. The van der Waals surface area contributed by atoms with Crippen LogP contribution in [0.3, 0.4) is 0 Å². The summed E-state index contributed by atoms with van der Waals surface area (Å²) in [4.78, 5) is 31.8. The standard InChI is InChI=1S/C17H19N3O2/c1-3-8-19-16(21)14-9-12-11-6-4-5-7-13(11)18-15(12)10(2)20(14)17(19)22/h4-7,10,14,18H,3,8-9H2,1-2H3/t10-,14-/m1/s1. The summed E-state index contributed by atoms with van der Waals surface area (Å²) in [5.41, 5.74) is 3.33. The van der Waals surface area contributed by atoms with Gasteiger partial charge in [0, 0.05) is 29.6 Å². The minimum atomic E-state index is -0.347. The molecule has 2 aliphatic rings. The molecule has 0 radical (unpaired) electrons. The molecular formula is C17H19N3O2. The van der Waals surface area contributed by atoms with Crippen molar-refractivity contribution in [2.24, 2.45) is 0 Å². The van der Waals surface area contributed by atoms with Gasteiger partial charge < -0.3 is 9.88 Å². The highest BCUT2D eigenvalue weighted by Crippen LogP contribution is 2.40. The fourth-order valence-electron chi connectivity index (χ4n) is 3.85. The second-order valence-corrected chi connectivity index (χ2v) is 6.14. The highest BCUT2D eigenvalue weighted by molar-refractivity contribution is 6.05. The number of urea groups is 1. The van der Waals surface area contributed by atoms with Crippen LogP contribution in [0.4, 0.5) is 4.79 Å². The molecule has 1 saturated heterocycles. The van der Waals surface area contributed by atoms with Gasteiger partial charge in [-0.1, -0.05) is 25.1 Å². The Balaban J connectivity index is 1.82. The monoisotopic (exact) mass is 297 g/mol. The second kappa shape index (κ2) is 4.60. The van der Waals surface area contributed by atoms with Crippen molar-refractivity contribution in [2.45, 2.75) is 38.8 Å². The van der Waals surface area contributed by atoms with E-state index >= 15 is 0 Å². The molecule has 0 bridgehead atoms. The lowest BCUT2D eigenvalue weighted by Gasteiger charge is -2.33. The summed E-state index contributed by atoms with van der Waals surface area (Å²) in [5.74, 6) is -0.0466. The quantitative estimate of drug-likeness (QED) is 0.867. The molecule has 22 heavy (non-hydrogen) atoms. The maximum absolute atomic E-state index is 12.6. The van der Waals surface area contributed by atoms with Gasteiger partial charge in [-0.2, -0.15) is 0 Å². The number of amides is 3. The summed E-state index contributed by atoms with van der Waals surface area (Å²) >= 11 is 0. The Bertz CT molecular complexity index is 779. The minimum Gasteiger partial charge on any atom is -0.356 e. The lowest BCUT2D eigenvalue weighted by molar-refractivity contribution is -0.128. The zero-order valence-corrected chi connectivity index (χ0v) is 12.8. The van der Waals surface area contributed by atoms with E-state index in [-0.39, 0.29) is 24.0 Å². The Morgan fingerprint density at radius 1 is 1.27 bits per heavy atom. The molecule has 0 aliphatic carbocycles. The fraction of sp³-hybridized carbons (Fsp3) is 0.412. The molecule has 5 heteroatoms. The number of hydrogen-bond donors (Lipinski definition) is 1. The molecule has 1 fully saturated rings. The molecule has 2 atom stereocenters. The lowest BCUT2D eigenvalue weighted by atomic mass is 9.93. The van der Waals surface area contributed by atoms with Crippen molar-refractivity contribution < 1.29 is 9.59 Å². The molecule has 3 amide bonds. The second-order valence-electron chi connectivity index (χ2n) is 6.14. The molecule has 1 aromatic heterocycles. The van der Waals surface area contributed by atoms with Gasteiger partial charge in [0.25, 0.3) is 5.91 Å². The summed E-state index contributed by atoms with van der Waals surface area (Å²) in [6, 6.07) is 7.54. The van der Waals surface area contributed by atoms with Gasteiger partial charge in [-0.3, -0.25) is 9.69 Å². The van der Waals surface area contributed by atoms with Crippen LogP contribution in [0.5, 0.6) is 0 Å². The van der Waals surface area contributed by atoms with Crippen molar-refractivity contribution in [3.05, 3.63) is 35.5 Å². The smallest absolute Gasteiger partial charge is 0.328 e. The van der Waals surface area contributed by atoms with Crippen molar-refractivity contribution in [1.82, 2.24) is 14.8 Å². The molecule has 1 N–H and O–H groups in total. The van der Waals surface area contributed by atoms with Gasteiger partial charge in [0.05, 0.1) is 6.04 Å². The van der Waals surface area contributed by atoms with E-state index in [2.05, 4.69) is 11.1 Å². The SMILES string of the molecule is CCCN1C(=O)[C@H]2Cc3c([nH]c4ccccc34)[C@@H](C)N2C1=O. The number of aromatic amines is 1. The van der Waals surface area contributed by atoms with Crippen LogP contribution in [0.2, 0.25) is 0 Å². The number of benzene rings is 1. The Morgan fingerprint density at radius 3 is 2.82 bits per heavy atom. The number of hydrogen-bond acceptors (Lipinski definition) is 2. The molecule has 3 heterocycles. The minimum absolute atomic E-state index is 0.0466. The van der Waals surface area contributed by atoms with E-state index in [1.165, 1.54) is 10.5 Å². The number of rotatable bonds is 2. The van der Waals surface area contributed by atoms with Crippen LogP contribution >= 0.6 is 0 Å². The Hall–Kier alpha value is -2.30. The van der Waals surface area contributed by atoms with E-state index in [4.69, 9.17) is 0 Å². The number of para-hydroxylation sites is 1. The molecule has 2 aromatic rings. The van der Waals surface area contributed by atoms with E-state index < -0.39 is 0 Å². The Kier molecular flexibility index (Phi) is 2.79. The van der Waals surface area contributed by atoms with Gasteiger partial charge in [-0.25, -0.2) is 4.79 Å². The summed E-state index contributed by atoms with van der Waals surface area (Å²) in [5, 5.41) is 1.16. The van der Waals surface area contributed by atoms with Crippen molar-refractivity contribution in [1.29, 1.82) is 0 Å². The van der Waals surface area contributed by atoms with Gasteiger partial charge in [0.15, 0.2) is 0 Å². The molecule has 5 nitrogen and oxygen atoms in total. The van der Waals surface area contributed by atoms with Gasteiger partial charge in [-0.05, 0) is 25.0 Å². The zero-order valence-electron chi connectivity index (χ0n) is 12.8.